The molecule has 3 amide bonds. The third-order valence-corrected chi connectivity index (χ3v) is 5.91. The molecule has 8 heteroatoms. The first-order valence-corrected chi connectivity index (χ1v) is 9.33. The minimum absolute atomic E-state index is 0.0130. The fraction of sp³-hybridized carbons (Fsp3) is 0.500. The summed E-state index contributed by atoms with van der Waals surface area (Å²) in [5, 5.41) is 3.58. The van der Waals surface area contributed by atoms with Gasteiger partial charge < -0.3 is 10.1 Å². The molecular weight excluding hydrogens is 379 g/mol. The molecule has 0 aromatic heterocycles. The van der Waals surface area contributed by atoms with Crippen LogP contribution in [-0.2, 0) is 20.9 Å². The van der Waals surface area contributed by atoms with Crippen molar-refractivity contribution in [2.45, 2.75) is 44.8 Å². The zero-order valence-corrected chi connectivity index (χ0v) is 15.9. The van der Waals surface area contributed by atoms with Crippen molar-refractivity contribution in [1.29, 1.82) is 0 Å². The zero-order valence-electron chi connectivity index (χ0n) is 14.4. The summed E-state index contributed by atoms with van der Waals surface area (Å²) in [6, 6.07) is 4.37. The Kier molecular flexibility index (Phi) is 5.44. The molecule has 6 nitrogen and oxygen atoms in total. The number of nitrogens with zero attached hydrogens (tertiary/aromatic N) is 1. The van der Waals surface area contributed by atoms with Gasteiger partial charge in [-0.25, -0.2) is 4.79 Å². The molecule has 1 spiro atoms. The third kappa shape index (κ3) is 3.53. The van der Waals surface area contributed by atoms with Gasteiger partial charge in [-0.05, 0) is 36.5 Å². The topological polar surface area (TPSA) is 75.7 Å². The van der Waals surface area contributed by atoms with E-state index >= 15 is 0 Å². The van der Waals surface area contributed by atoms with E-state index in [9.17, 15) is 14.4 Å². The van der Waals surface area contributed by atoms with Crippen LogP contribution in [0.4, 0.5) is 4.79 Å². The Morgan fingerprint density at radius 1 is 1.31 bits per heavy atom. The highest BCUT2D eigenvalue weighted by Crippen LogP contribution is 2.38. The molecule has 26 heavy (non-hydrogen) atoms. The van der Waals surface area contributed by atoms with E-state index in [-0.39, 0.29) is 18.4 Å². The molecule has 140 valence electrons. The molecule has 1 N–H and O–H groups in total. The van der Waals surface area contributed by atoms with E-state index in [0.717, 1.165) is 24.2 Å². The summed E-state index contributed by atoms with van der Waals surface area (Å²) in [5.41, 5.74) is -0.207. The average molecular weight is 399 g/mol. The molecule has 3 rings (SSSR count). The van der Waals surface area contributed by atoms with Gasteiger partial charge in [0.2, 0.25) is 0 Å². The Morgan fingerprint density at radius 2 is 2.08 bits per heavy atom. The van der Waals surface area contributed by atoms with Gasteiger partial charge >= 0.3 is 12.0 Å². The van der Waals surface area contributed by atoms with Crippen LogP contribution in [0.3, 0.4) is 0 Å². The van der Waals surface area contributed by atoms with Crippen molar-refractivity contribution in [3.63, 3.8) is 0 Å². The van der Waals surface area contributed by atoms with Crippen molar-refractivity contribution < 1.29 is 19.1 Å². The van der Waals surface area contributed by atoms with Crippen LogP contribution in [0.2, 0.25) is 10.0 Å². The van der Waals surface area contributed by atoms with E-state index in [1.54, 1.807) is 18.2 Å². The van der Waals surface area contributed by atoms with Gasteiger partial charge in [-0.3, -0.25) is 14.5 Å². The van der Waals surface area contributed by atoms with Crippen LogP contribution in [0.5, 0.6) is 0 Å². The van der Waals surface area contributed by atoms with Crippen LogP contribution in [0.15, 0.2) is 18.2 Å². The van der Waals surface area contributed by atoms with E-state index in [4.69, 9.17) is 27.9 Å². The molecule has 1 aromatic carbocycles. The lowest BCUT2D eigenvalue weighted by molar-refractivity contribution is -0.149. The molecule has 2 aliphatic rings. The number of nitrogens with one attached hydrogen (secondary N) is 1. The van der Waals surface area contributed by atoms with Gasteiger partial charge in [0.25, 0.3) is 5.91 Å². The minimum atomic E-state index is -0.876. The SMILES string of the molecule is C[C@H]1CCCC[C@@]12NC(=O)N(CC(=O)OCc1ccc(Cl)c(Cl)c1)C2=O. The second-order valence-electron chi connectivity index (χ2n) is 6.85. The molecule has 1 saturated carbocycles. The predicted octanol–water partition coefficient (Wildman–Crippen LogP) is 3.54. The zero-order chi connectivity index (χ0) is 18.9. The van der Waals surface area contributed by atoms with E-state index in [2.05, 4.69) is 5.32 Å². The van der Waals surface area contributed by atoms with Crippen molar-refractivity contribution in [3.8, 4) is 0 Å². The fourth-order valence-corrected chi connectivity index (χ4v) is 3.93. The summed E-state index contributed by atoms with van der Waals surface area (Å²) in [6.07, 6.45) is 3.40. The van der Waals surface area contributed by atoms with Crippen LogP contribution >= 0.6 is 23.2 Å². The van der Waals surface area contributed by atoms with Gasteiger partial charge in [-0.1, -0.05) is 49.0 Å². The number of benzene rings is 1. The molecule has 1 aliphatic carbocycles. The summed E-state index contributed by atoms with van der Waals surface area (Å²) < 4.78 is 5.17. The first-order chi connectivity index (χ1) is 12.3. The lowest BCUT2D eigenvalue weighted by Gasteiger charge is -2.36. The molecule has 2 atom stereocenters. The molecule has 1 saturated heterocycles. The molecule has 2 fully saturated rings. The van der Waals surface area contributed by atoms with Crippen molar-refractivity contribution in [2.24, 2.45) is 5.92 Å². The predicted molar refractivity (Wildman–Crippen MR) is 96.9 cm³/mol. The standard InChI is InChI=1S/C18H20Cl2N2O4/c1-11-4-2-3-7-18(11)16(24)22(17(25)21-18)9-15(23)26-10-12-5-6-13(19)14(20)8-12/h5-6,8,11H,2-4,7,9-10H2,1H3,(H,21,25)/t11-,18+/m0/s1. The van der Waals surface area contributed by atoms with E-state index < -0.39 is 24.1 Å². The van der Waals surface area contributed by atoms with Crippen LogP contribution < -0.4 is 5.32 Å². The second-order valence-corrected chi connectivity index (χ2v) is 7.66. The largest absolute Gasteiger partial charge is 0.459 e. The van der Waals surface area contributed by atoms with Crippen molar-refractivity contribution in [1.82, 2.24) is 10.2 Å². The van der Waals surface area contributed by atoms with Gasteiger partial charge in [0.1, 0.15) is 18.7 Å². The van der Waals surface area contributed by atoms with Crippen LogP contribution in [0, 0.1) is 5.92 Å². The number of carbonyl (C=O) groups excluding carboxylic acids is 3. The van der Waals surface area contributed by atoms with Crippen LogP contribution in [0.1, 0.15) is 38.2 Å². The number of rotatable bonds is 4. The normalized spacial score (nSPS) is 25.5. The minimum Gasteiger partial charge on any atom is -0.459 e. The number of ether oxygens (including phenoxy) is 1. The van der Waals surface area contributed by atoms with Gasteiger partial charge in [0, 0.05) is 0 Å². The Bertz CT molecular complexity index is 755. The number of hydrogen-bond donors (Lipinski definition) is 1. The summed E-state index contributed by atoms with van der Waals surface area (Å²) in [6.45, 7) is 1.55. The Balaban J connectivity index is 1.61. The quantitative estimate of drug-likeness (QED) is 0.621. The number of halogens is 2. The fourth-order valence-electron chi connectivity index (χ4n) is 3.61. The smallest absolute Gasteiger partial charge is 0.326 e. The molecular formula is C18H20Cl2N2O4. The first kappa shape index (κ1) is 19.0. The van der Waals surface area contributed by atoms with Crippen LogP contribution in [0.25, 0.3) is 0 Å². The molecule has 1 aromatic rings. The lowest BCUT2D eigenvalue weighted by Crippen LogP contribution is -2.54. The van der Waals surface area contributed by atoms with E-state index in [1.165, 1.54) is 0 Å². The summed E-state index contributed by atoms with van der Waals surface area (Å²) in [7, 11) is 0. The molecule has 1 aliphatic heterocycles. The van der Waals surface area contributed by atoms with E-state index in [0.29, 0.717) is 22.0 Å². The third-order valence-electron chi connectivity index (χ3n) is 5.17. The average Bonchev–Trinajstić information content (AvgIpc) is 2.84. The maximum Gasteiger partial charge on any atom is 0.326 e. The maximum atomic E-state index is 12.8. The highest BCUT2D eigenvalue weighted by Gasteiger charge is 2.55. The number of esters is 1. The second kappa shape index (κ2) is 7.45. The van der Waals surface area contributed by atoms with E-state index in [1.807, 2.05) is 6.92 Å². The Labute approximate surface area is 161 Å². The number of carbonyl (C=O) groups is 3. The summed E-state index contributed by atoms with van der Waals surface area (Å²) >= 11 is 11.8. The lowest BCUT2D eigenvalue weighted by atomic mass is 9.73. The molecule has 0 bridgehead atoms. The molecule has 0 radical (unpaired) electrons. The number of hydrogen-bond acceptors (Lipinski definition) is 4. The van der Waals surface area contributed by atoms with Gasteiger partial charge in [-0.2, -0.15) is 0 Å². The summed E-state index contributed by atoms with van der Waals surface area (Å²) in [4.78, 5) is 38.1. The highest BCUT2D eigenvalue weighted by molar-refractivity contribution is 6.42. The summed E-state index contributed by atoms with van der Waals surface area (Å²) in [5.74, 6) is -0.939. The first-order valence-electron chi connectivity index (χ1n) is 8.57. The number of amides is 3. The monoisotopic (exact) mass is 398 g/mol. The Hall–Kier alpha value is -1.79. The molecule has 0 unspecified atom stereocenters. The molecule has 1 heterocycles. The van der Waals surface area contributed by atoms with Crippen LogP contribution in [-0.4, -0.2) is 34.9 Å². The van der Waals surface area contributed by atoms with Gasteiger partial charge in [-0.15, -0.1) is 0 Å². The number of urea groups is 1. The van der Waals surface area contributed by atoms with Gasteiger partial charge in [0.05, 0.1) is 10.0 Å². The van der Waals surface area contributed by atoms with Gasteiger partial charge in [0.15, 0.2) is 0 Å². The highest BCUT2D eigenvalue weighted by atomic mass is 35.5. The van der Waals surface area contributed by atoms with Crippen molar-refractivity contribution in [3.05, 3.63) is 33.8 Å². The Morgan fingerprint density at radius 3 is 2.77 bits per heavy atom. The van der Waals surface area contributed by atoms with Crippen molar-refractivity contribution in [2.75, 3.05) is 6.54 Å². The van der Waals surface area contributed by atoms with Crippen molar-refractivity contribution >= 4 is 41.1 Å². The number of imide groups is 1. The maximum absolute atomic E-state index is 12.8.